The van der Waals surface area contributed by atoms with Crippen LogP contribution in [-0.4, -0.2) is 56.8 Å². The van der Waals surface area contributed by atoms with Gasteiger partial charge in [-0.2, -0.15) is 0 Å². The number of carbonyl (C=O) groups is 2. The molecule has 33 heavy (non-hydrogen) atoms. The van der Waals surface area contributed by atoms with Gasteiger partial charge >= 0.3 is 0 Å². The van der Waals surface area contributed by atoms with Crippen LogP contribution in [0.3, 0.4) is 0 Å². The van der Waals surface area contributed by atoms with Gasteiger partial charge in [0, 0.05) is 25.8 Å². The Hall–Kier alpha value is -3.52. The summed E-state index contributed by atoms with van der Waals surface area (Å²) in [6, 6.07) is 12.9. The van der Waals surface area contributed by atoms with Gasteiger partial charge in [0.05, 0.1) is 20.3 Å². The predicted molar refractivity (Wildman–Crippen MR) is 124 cm³/mol. The van der Waals surface area contributed by atoms with Crippen LogP contribution in [0.2, 0.25) is 0 Å². The van der Waals surface area contributed by atoms with Gasteiger partial charge in [0.2, 0.25) is 5.91 Å². The summed E-state index contributed by atoms with van der Waals surface area (Å²) >= 11 is 0. The minimum Gasteiger partial charge on any atom is -0.497 e. The van der Waals surface area contributed by atoms with Gasteiger partial charge in [-0.25, -0.2) is 0 Å². The van der Waals surface area contributed by atoms with Crippen LogP contribution < -0.4 is 19.9 Å². The summed E-state index contributed by atoms with van der Waals surface area (Å²) in [7, 11) is 3.12. The van der Waals surface area contributed by atoms with E-state index in [2.05, 4.69) is 0 Å². The van der Waals surface area contributed by atoms with Crippen molar-refractivity contribution in [2.75, 3.05) is 34.0 Å². The zero-order valence-corrected chi connectivity index (χ0v) is 19.0. The fraction of sp³-hybridized carbons (Fsp3) is 0.360. The normalized spacial score (nSPS) is 15.4. The first kappa shape index (κ1) is 24.1. The van der Waals surface area contributed by atoms with Gasteiger partial charge in [-0.05, 0) is 54.3 Å². The summed E-state index contributed by atoms with van der Waals surface area (Å²) in [5.41, 5.74) is 6.86. The van der Waals surface area contributed by atoms with E-state index in [1.54, 1.807) is 36.3 Å². The van der Waals surface area contributed by atoms with Crippen LogP contribution in [0.15, 0.2) is 48.5 Å². The van der Waals surface area contributed by atoms with Crippen molar-refractivity contribution in [2.24, 2.45) is 5.73 Å². The molecule has 2 amide bonds. The summed E-state index contributed by atoms with van der Waals surface area (Å²) in [4.78, 5) is 25.8. The summed E-state index contributed by atoms with van der Waals surface area (Å²) < 4.78 is 21.7. The molecule has 176 valence electrons. The van der Waals surface area contributed by atoms with Crippen molar-refractivity contribution in [1.82, 2.24) is 4.90 Å². The molecule has 1 heterocycles. The maximum atomic E-state index is 13.1. The second kappa shape index (κ2) is 11.9. The van der Waals surface area contributed by atoms with Gasteiger partial charge in [0.15, 0.2) is 18.1 Å². The number of ether oxygens (including phenoxy) is 4. The number of benzene rings is 2. The molecule has 0 saturated carbocycles. The number of nitrogens with two attached hydrogens (primary N) is 1. The molecule has 2 aromatic carbocycles. The maximum Gasteiger partial charge on any atom is 0.255 e. The first-order valence-corrected chi connectivity index (χ1v) is 10.8. The molecule has 0 aliphatic carbocycles. The van der Waals surface area contributed by atoms with E-state index in [9.17, 15) is 9.59 Å². The third-order valence-corrected chi connectivity index (χ3v) is 5.24. The molecule has 8 heteroatoms. The topological polar surface area (TPSA) is 100 Å². The van der Waals surface area contributed by atoms with E-state index in [0.717, 1.165) is 36.3 Å². The molecule has 0 bridgehead atoms. The molecule has 2 N–H and O–H groups in total. The molecule has 3 rings (SSSR count). The van der Waals surface area contributed by atoms with E-state index in [4.69, 9.17) is 24.7 Å². The second-order valence-electron chi connectivity index (χ2n) is 7.70. The minimum atomic E-state index is -0.575. The average Bonchev–Trinajstić information content (AvgIpc) is 3.34. The number of carbonyl (C=O) groups excluding carboxylic acids is 2. The second-order valence-corrected chi connectivity index (χ2v) is 7.70. The standard InChI is InChI=1S/C25H30N2O6/c1-30-20-6-3-5-19(13-20)15-27(16-21-7-4-12-32-21)25(29)11-9-18-8-10-22(23(14-18)31-2)33-17-24(26)28/h3,5-6,8-11,13-14,21H,4,7,12,15-17H2,1-2H3,(H2,26,28)/b11-9+. The van der Waals surface area contributed by atoms with Crippen molar-refractivity contribution in [3.05, 3.63) is 59.7 Å². The molecule has 1 aliphatic rings. The number of nitrogens with zero attached hydrogens (tertiary/aromatic N) is 1. The monoisotopic (exact) mass is 454 g/mol. The van der Waals surface area contributed by atoms with Crippen LogP contribution in [0.1, 0.15) is 24.0 Å². The van der Waals surface area contributed by atoms with Gasteiger partial charge < -0.3 is 29.6 Å². The zero-order valence-electron chi connectivity index (χ0n) is 19.0. The number of primary amides is 1. The Morgan fingerprint density at radius 1 is 1.15 bits per heavy atom. The van der Waals surface area contributed by atoms with Gasteiger partial charge in [-0.3, -0.25) is 9.59 Å². The van der Waals surface area contributed by atoms with Crippen LogP contribution in [0.5, 0.6) is 17.2 Å². The Bertz CT molecular complexity index is 985. The SMILES string of the molecule is COc1cccc(CN(CC2CCCO2)C(=O)/C=C/c2ccc(OCC(N)=O)c(OC)c2)c1. The molecule has 0 radical (unpaired) electrons. The highest BCUT2D eigenvalue weighted by Crippen LogP contribution is 2.28. The van der Waals surface area contributed by atoms with Crippen molar-refractivity contribution in [3.63, 3.8) is 0 Å². The lowest BCUT2D eigenvalue weighted by atomic mass is 10.1. The van der Waals surface area contributed by atoms with Gasteiger partial charge in [0.25, 0.3) is 5.91 Å². The lowest BCUT2D eigenvalue weighted by molar-refractivity contribution is -0.128. The van der Waals surface area contributed by atoms with Crippen molar-refractivity contribution in [2.45, 2.75) is 25.5 Å². The van der Waals surface area contributed by atoms with Crippen molar-refractivity contribution < 1.29 is 28.5 Å². The van der Waals surface area contributed by atoms with Crippen molar-refractivity contribution in [3.8, 4) is 17.2 Å². The molecule has 2 aromatic rings. The fourth-order valence-corrected chi connectivity index (χ4v) is 3.59. The number of rotatable bonds is 11. The number of amides is 2. The lowest BCUT2D eigenvalue weighted by Gasteiger charge is -2.24. The fourth-order valence-electron chi connectivity index (χ4n) is 3.59. The predicted octanol–water partition coefficient (Wildman–Crippen LogP) is 2.79. The van der Waals surface area contributed by atoms with E-state index in [0.29, 0.717) is 24.6 Å². The van der Waals surface area contributed by atoms with Crippen LogP contribution in [0.25, 0.3) is 6.08 Å². The molecule has 0 aromatic heterocycles. The smallest absolute Gasteiger partial charge is 0.255 e. The maximum absolute atomic E-state index is 13.1. The van der Waals surface area contributed by atoms with E-state index in [-0.39, 0.29) is 18.6 Å². The first-order valence-electron chi connectivity index (χ1n) is 10.8. The molecule has 0 spiro atoms. The van der Waals surface area contributed by atoms with E-state index in [1.165, 1.54) is 13.2 Å². The van der Waals surface area contributed by atoms with E-state index < -0.39 is 5.91 Å². The molecule has 1 atom stereocenters. The molecule has 1 saturated heterocycles. The van der Waals surface area contributed by atoms with Crippen LogP contribution in [0, 0.1) is 0 Å². The summed E-state index contributed by atoms with van der Waals surface area (Å²) in [6.07, 6.45) is 5.24. The van der Waals surface area contributed by atoms with Gasteiger partial charge in [-0.1, -0.05) is 18.2 Å². The quantitative estimate of drug-likeness (QED) is 0.524. The largest absolute Gasteiger partial charge is 0.497 e. The van der Waals surface area contributed by atoms with Crippen LogP contribution in [0.4, 0.5) is 0 Å². The molecule has 8 nitrogen and oxygen atoms in total. The van der Waals surface area contributed by atoms with E-state index >= 15 is 0 Å². The molecule has 1 aliphatic heterocycles. The molecular weight excluding hydrogens is 424 g/mol. The number of methoxy groups -OCH3 is 2. The third-order valence-electron chi connectivity index (χ3n) is 5.24. The lowest BCUT2D eigenvalue weighted by Crippen LogP contribution is -2.35. The average molecular weight is 455 g/mol. The van der Waals surface area contributed by atoms with Gasteiger partial charge in [0.1, 0.15) is 5.75 Å². The van der Waals surface area contributed by atoms with Crippen LogP contribution >= 0.6 is 0 Å². The Morgan fingerprint density at radius 2 is 2.00 bits per heavy atom. The summed E-state index contributed by atoms with van der Waals surface area (Å²) in [5.74, 6) is 0.893. The molecule has 1 fully saturated rings. The summed E-state index contributed by atoms with van der Waals surface area (Å²) in [5, 5.41) is 0. The molecule has 1 unspecified atom stereocenters. The minimum absolute atomic E-state index is 0.0368. The Labute approximate surface area is 193 Å². The Balaban J connectivity index is 1.73. The Morgan fingerprint density at radius 3 is 2.70 bits per heavy atom. The van der Waals surface area contributed by atoms with Crippen molar-refractivity contribution in [1.29, 1.82) is 0 Å². The number of hydrogen-bond donors (Lipinski definition) is 1. The summed E-state index contributed by atoms with van der Waals surface area (Å²) in [6.45, 7) is 1.45. The first-order chi connectivity index (χ1) is 16.0. The third kappa shape index (κ3) is 7.25. The molecular formula is C25H30N2O6. The van der Waals surface area contributed by atoms with Crippen molar-refractivity contribution >= 4 is 17.9 Å². The highest BCUT2D eigenvalue weighted by molar-refractivity contribution is 5.92. The van der Waals surface area contributed by atoms with Crippen LogP contribution in [-0.2, 0) is 20.9 Å². The zero-order chi connectivity index (χ0) is 23.6. The van der Waals surface area contributed by atoms with E-state index in [1.807, 2.05) is 24.3 Å². The number of hydrogen-bond acceptors (Lipinski definition) is 6. The highest BCUT2D eigenvalue weighted by atomic mass is 16.5. The highest BCUT2D eigenvalue weighted by Gasteiger charge is 2.22. The van der Waals surface area contributed by atoms with Gasteiger partial charge in [-0.15, -0.1) is 0 Å². The Kier molecular flexibility index (Phi) is 8.71.